The summed E-state index contributed by atoms with van der Waals surface area (Å²) in [5, 5.41) is 3.67. The highest BCUT2D eigenvalue weighted by Gasteiger charge is 2.15. The smallest absolute Gasteiger partial charge is 0.241 e. The van der Waals surface area contributed by atoms with E-state index in [1.807, 2.05) is 31.2 Å². The minimum atomic E-state index is -0.150. The molecular weight excluding hydrogens is 298 g/mol. The maximum atomic E-state index is 11.7. The molecule has 0 bridgehead atoms. The van der Waals surface area contributed by atoms with Gasteiger partial charge in [0.25, 0.3) is 0 Å². The molecule has 0 heterocycles. The van der Waals surface area contributed by atoms with E-state index in [0.29, 0.717) is 17.8 Å². The monoisotopic (exact) mass is 321 g/mol. The van der Waals surface area contributed by atoms with Crippen molar-refractivity contribution in [3.05, 3.63) is 29.8 Å². The van der Waals surface area contributed by atoms with Crippen LogP contribution in [-0.4, -0.2) is 23.7 Å². The molecule has 0 aromatic heterocycles. The number of nitrogens with one attached hydrogen (secondary N) is 3. The Balaban J connectivity index is 1.58. The summed E-state index contributed by atoms with van der Waals surface area (Å²) in [4.78, 5) is 11.7. The average molecular weight is 321 g/mol. The highest BCUT2D eigenvalue weighted by molar-refractivity contribution is 7.80. The Hall–Kier alpha value is -1.82. The van der Waals surface area contributed by atoms with Gasteiger partial charge in [0, 0.05) is 6.04 Å². The van der Waals surface area contributed by atoms with E-state index in [9.17, 15) is 4.79 Å². The number of benzene rings is 1. The van der Waals surface area contributed by atoms with Gasteiger partial charge in [0.05, 0.1) is 13.0 Å². The lowest BCUT2D eigenvalue weighted by atomic mass is 10.2. The first-order chi connectivity index (χ1) is 10.6. The van der Waals surface area contributed by atoms with E-state index in [4.69, 9.17) is 17.0 Å². The fraction of sp³-hybridized carbons (Fsp3) is 0.500. The molecule has 1 aromatic rings. The molecule has 1 fully saturated rings. The number of hydrogen-bond acceptors (Lipinski definition) is 3. The van der Waals surface area contributed by atoms with Crippen molar-refractivity contribution in [1.29, 1.82) is 0 Å². The summed E-state index contributed by atoms with van der Waals surface area (Å²) < 4.78 is 5.53. The first-order valence-corrected chi connectivity index (χ1v) is 8.09. The minimum Gasteiger partial charge on any atom is -0.493 e. The third-order valence-electron chi connectivity index (χ3n) is 3.59. The molecule has 0 saturated heterocycles. The minimum absolute atomic E-state index is 0.150. The molecule has 2 rings (SSSR count). The van der Waals surface area contributed by atoms with Crippen LogP contribution in [0.2, 0.25) is 0 Å². The predicted molar refractivity (Wildman–Crippen MR) is 90.6 cm³/mol. The van der Waals surface area contributed by atoms with Crippen molar-refractivity contribution in [1.82, 2.24) is 16.2 Å². The molecule has 6 heteroatoms. The van der Waals surface area contributed by atoms with E-state index >= 15 is 0 Å². The second kappa shape index (κ2) is 8.58. The molecule has 0 unspecified atom stereocenters. The van der Waals surface area contributed by atoms with E-state index < -0.39 is 0 Å². The number of thiocarbonyl (C=S) groups is 1. The zero-order chi connectivity index (χ0) is 15.8. The summed E-state index contributed by atoms with van der Waals surface area (Å²) >= 11 is 5.14. The number of aryl methyl sites for hydroxylation is 1. The van der Waals surface area contributed by atoms with Crippen molar-refractivity contribution in [2.75, 3.05) is 6.61 Å². The highest BCUT2D eigenvalue weighted by Crippen LogP contribution is 2.17. The van der Waals surface area contributed by atoms with E-state index in [-0.39, 0.29) is 12.3 Å². The molecule has 5 nitrogen and oxygen atoms in total. The number of hydrogen-bond donors (Lipinski definition) is 3. The lowest BCUT2D eigenvalue weighted by molar-refractivity contribution is -0.122. The molecule has 0 radical (unpaired) electrons. The first-order valence-electron chi connectivity index (χ1n) is 7.68. The summed E-state index contributed by atoms with van der Waals surface area (Å²) in [5.41, 5.74) is 6.45. The number of amides is 1. The van der Waals surface area contributed by atoms with E-state index in [2.05, 4.69) is 16.2 Å². The lowest BCUT2D eigenvalue weighted by Crippen LogP contribution is -2.49. The molecule has 1 aromatic carbocycles. The maximum absolute atomic E-state index is 11.7. The predicted octanol–water partition coefficient (Wildman–Crippen LogP) is 2.20. The number of carbonyl (C=O) groups is 1. The van der Waals surface area contributed by atoms with Crippen LogP contribution in [0.4, 0.5) is 0 Å². The standard InChI is InChI=1S/C16H23N3O2S/c1-12-5-4-8-14(11-12)21-10-9-15(20)18-19-16(22)17-13-6-2-3-7-13/h4-5,8,11,13H,2-3,6-7,9-10H2,1H3,(H,18,20)(H2,17,19,22). The summed E-state index contributed by atoms with van der Waals surface area (Å²) in [6.45, 7) is 2.33. The zero-order valence-electron chi connectivity index (χ0n) is 12.9. The molecule has 22 heavy (non-hydrogen) atoms. The van der Waals surface area contributed by atoms with Crippen LogP contribution < -0.4 is 20.9 Å². The molecule has 0 aliphatic heterocycles. The van der Waals surface area contributed by atoms with Gasteiger partial charge in [0.15, 0.2) is 5.11 Å². The normalized spacial score (nSPS) is 14.4. The Morgan fingerprint density at radius 1 is 1.32 bits per heavy atom. The van der Waals surface area contributed by atoms with Crippen molar-refractivity contribution in [3.8, 4) is 5.75 Å². The number of ether oxygens (including phenoxy) is 1. The largest absolute Gasteiger partial charge is 0.493 e. The van der Waals surface area contributed by atoms with Crippen LogP contribution in [0.1, 0.15) is 37.7 Å². The average Bonchev–Trinajstić information content (AvgIpc) is 2.98. The van der Waals surface area contributed by atoms with Gasteiger partial charge >= 0.3 is 0 Å². The van der Waals surface area contributed by atoms with Crippen LogP contribution in [0.3, 0.4) is 0 Å². The van der Waals surface area contributed by atoms with Crippen molar-refractivity contribution in [2.45, 2.75) is 45.1 Å². The van der Waals surface area contributed by atoms with Gasteiger partial charge in [-0.25, -0.2) is 0 Å². The van der Waals surface area contributed by atoms with Gasteiger partial charge in [0.1, 0.15) is 5.75 Å². The quantitative estimate of drug-likeness (QED) is 0.573. The Kier molecular flexibility index (Phi) is 6.45. The Bertz CT molecular complexity index is 516. The molecule has 1 amide bonds. The van der Waals surface area contributed by atoms with Gasteiger partial charge in [-0.2, -0.15) is 0 Å². The van der Waals surface area contributed by atoms with E-state index in [0.717, 1.165) is 24.2 Å². The number of rotatable bonds is 5. The first kappa shape index (κ1) is 16.5. The molecule has 0 atom stereocenters. The third-order valence-corrected chi connectivity index (χ3v) is 3.81. The van der Waals surface area contributed by atoms with Crippen molar-refractivity contribution in [2.24, 2.45) is 0 Å². The molecule has 1 saturated carbocycles. The van der Waals surface area contributed by atoms with Crippen molar-refractivity contribution < 1.29 is 9.53 Å². The van der Waals surface area contributed by atoms with Crippen molar-refractivity contribution in [3.63, 3.8) is 0 Å². The van der Waals surface area contributed by atoms with E-state index in [1.165, 1.54) is 12.8 Å². The summed E-state index contributed by atoms with van der Waals surface area (Å²) in [6, 6.07) is 8.18. The van der Waals surface area contributed by atoms with Gasteiger partial charge in [-0.05, 0) is 49.7 Å². The Labute approximate surface area is 136 Å². The molecule has 0 spiro atoms. The molecular formula is C16H23N3O2S. The fourth-order valence-corrected chi connectivity index (χ4v) is 2.67. The molecule has 1 aliphatic rings. The van der Waals surface area contributed by atoms with Crippen LogP contribution in [0.15, 0.2) is 24.3 Å². The Morgan fingerprint density at radius 2 is 2.09 bits per heavy atom. The van der Waals surface area contributed by atoms with E-state index in [1.54, 1.807) is 0 Å². The highest BCUT2D eigenvalue weighted by atomic mass is 32.1. The SMILES string of the molecule is Cc1cccc(OCCC(=O)NNC(=S)NC2CCCC2)c1. The van der Waals surface area contributed by atoms with Crippen LogP contribution >= 0.6 is 12.2 Å². The second-order valence-corrected chi connectivity index (χ2v) is 5.95. The van der Waals surface area contributed by atoms with Gasteiger partial charge in [0.2, 0.25) is 5.91 Å². The topological polar surface area (TPSA) is 62.4 Å². The zero-order valence-corrected chi connectivity index (χ0v) is 13.7. The molecule has 1 aliphatic carbocycles. The number of carbonyl (C=O) groups excluding carboxylic acids is 1. The van der Waals surface area contributed by atoms with Gasteiger partial charge in [-0.1, -0.05) is 25.0 Å². The third kappa shape index (κ3) is 5.89. The summed E-state index contributed by atoms with van der Waals surface area (Å²) in [5.74, 6) is 0.627. The fourth-order valence-electron chi connectivity index (χ4n) is 2.45. The summed E-state index contributed by atoms with van der Waals surface area (Å²) in [7, 11) is 0. The number of hydrazine groups is 1. The van der Waals surface area contributed by atoms with Crippen LogP contribution in [-0.2, 0) is 4.79 Å². The van der Waals surface area contributed by atoms with Crippen LogP contribution in [0.25, 0.3) is 0 Å². The van der Waals surface area contributed by atoms with Gasteiger partial charge < -0.3 is 10.1 Å². The second-order valence-electron chi connectivity index (χ2n) is 5.54. The van der Waals surface area contributed by atoms with Gasteiger partial charge in [-0.3, -0.25) is 15.6 Å². The van der Waals surface area contributed by atoms with Crippen LogP contribution in [0, 0.1) is 6.92 Å². The molecule has 3 N–H and O–H groups in total. The lowest BCUT2D eigenvalue weighted by Gasteiger charge is -2.16. The van der Waals surface area contributed by atoms with Crippen molar-refractivity contribution >= 4 is 23.2 Å². The van der Waals surface area contributed by atoms with Crippen LogP contribution in [0.5, 0.6) is 5.75 Å². The maximum Gasteiger partial charge on any atom is 0.241 e. The molecule has 120 valence electrons. The van der Waals surface area contributed by atoms with Gasteiger partial charge in [-0.15, -0.1) is 0 Å². The Morgan fingerprint density at radius 3 is 2.82 bits per heavy atom. The summed E-state index contributed by atoms with van der Waals surface area (Å²) in [6.07, 6.45) is 5.03.